The quantitative estimate of drug-likeness (QED) is 0.828. The summed E-state index contributed by atoms with van der Waals surface area (Å²) in [6, 6.07) is 2.61. The van der Waals surface area contributed by atoms with Gasteiger partial charge in [-0.2, -0.15) is 5.26 Å². The first-order valence-electron chi connectivity index (χ1n) is 8.62. The summed E-state index contributed by atoms with van der Waals surface area (Å²) in [5.41, 5.74) is 0.305. The molecule has 7 atom stereocenters. The Labute approximate surface area is 123 Å². The highest BCUT2D eigenvalue weighted by Crippen LogP contribution is 2.62. The molecule has 3 aliphatic rings. The lowest BCUT2D eigenvalue weighted by Gasteiger charge is -2.53. The molecular weight excluding hydrogens is 246 g/mol. The third kappa shape index (κ3) is 2.01. The Hall–Kier alpha value is -0.550. The molecule has 20 heavy (non-hydrogen) atoms. The fourth-order valence-electron chi connectivity index (χ4n) is 6.19. The van der Waals surface area contributed by atoms with Gasteiger partial charge in [0.1, 0.15) is 0 Å². The highest BCUT2D eigenvalue weighted by molar-refractivity contribution is 5.09. The van der Waals surface area contributed by atoms with Crippen molar-refractivity contribution in [2.45, 2.75) is 58.8 Å². The number of fused-ring (bicyclic) bond motifs is 3. The van der Waals surface area contributed by atoms with Crippen molar-refractivity contribution in [3.05, 3.63) is 0 Å². The molecule has 3 fully saturated rings. The summed E-state index contributed by atoms with van der Waals surface area (Å²) in [5.74, 6) is 4.32. The lowest BCUT2D eigenvalue weighted by atomic mass is 9.51. The predicted molar refractivity (Wildman–Crippen MR) is 79.7 cm³/mol. The Kier molecular flexibility index (Phi) is 3.84. The van der Waals surface area contributed by atoms with Gasteiger partial charge in [-0.15, -0.1) is 0 Å². The second kappa shape index (κ2) is 5.34. The van der Waals surface area contributed by atoms with Gasteiger partial charge in [0, 0.05) is 6.61 Å². The minimum absolute atomic E-state index is 0.305. The van der Waals surface area contributed by atoms with Crippen molar-refractivity contribution < 1.29 is 5.11 Å². The van der Waals surface area contributed by atoms with E-state index >= 15 is 0 Å². The van der Waals surface area contributed by atoms with Crippen LogP contribution in [0, 0.1) is 52.3 Å². The van der Waals surface area contributed by atoms with E-state index in [1.54, 1.807) is 0 Å². The number of rotatable bonds is 2. The molecular formula is C18H29NO. The minimum atomic E-state index is 0.305. The topological polar surface area (TPSA) is 44.0 Å². The second-order valence-electron chi connectivity index (χ2n) is 7.95. The maximum Gasteiger partial charge on any atom is 0.0661 e. The zero-order chi connectivity index (χ0) is 14.3. The van der Waals surface area contributed by atoms with Crippen LogP contribution >= 0.6 is 0 Å². The highest BCUT2D eigenvalue weighted by Gasteiger charge is 2.55. The van der Waals surface area contributed by atoms with Crippen LogP contribution in [0.5, 0.6) is 0 Å². The first-order chi connectivity index (χ1) is 9.61. The lowest BCUT2D eigenvalue weighted by molar-refractivity contribution is -0.0434. The van der Waals surface area contributed by atoms with Gasteiger partial charge in [0.25, 0.3) is 0 Å². The van der Waals surface area contributed by atoms with Crippen molar-refractivity contribution in [3.8, 4) is 6.07 Å². The Morgan fingerprint density at radius 2 is 1.95 bits per heavy atom. The van der Waals surface area contributed by atoms with E-state index in [1.165, 1.54) is 32.1 Å². The van der Waals surface area contributed by atoms with Gasteiger partial charge in [-0.3, -0.25) is 0 Å². The minimum Gasteiger partial charge on any atom is -0.396 e. The predicted octanol–water partition coefficient (Wildman–Crippen LogP) is 4.00. The van der Waals surface area contributed by atoms with Gasteiger partial charge in [0.2, 0.25) is 0 Å². The van der Waals surface area contributed by atoms with Crippen molar-refractivity contribution in [1.82, 2.24) is 0 Å². The van der Waals surface area contributed by atoms with Crippen LogP contribution in [-0.4, -0.2) is 11.7 Å². The molecule has 0 heterocycles. The zero-order valence-electron chi connectivity index (χ0n) is 13.0. The number of hydrogen-bond acceptors (Lipinski definition) is 2. The normalized spacial score (nSPS) is 51.1. The van der Waals surface area contributed by atoms with Crippen LogP contribution in [0.2, 0.25) is 0 Å². The first-order valence-corrected chi connectivity index (χ1v) is 8.62. The zero-order valence-corrected chi connectivity index (χ0v) is 13.0. The number of nitriles is 1. The SMILES string of the molecule is C[C@H]1C2CC[C@@]3(C)C(CC[C@@H]3C#N)C2CC[C@H]1CCO. The fraction of sp³-hybridized carbons (Fsp3) is 0.944. The van der Waals surface area contributed by atoms with E-state index in [-0.39, 0.29) is 0 Å². The molecule has 0 bridgehead atoms. The van der Waals surface area contributed by atoms with E-state index in [9.17, 15) is 10.4 Å². The summed E-state index contributed by atoms with van der Waals surface area (Å²) >= 11 is 0. The Morgan fingerprint density at radius 1 is 1.15 bits per heavy atom. The Bertz CT molecular complexity index is 401. The molecule has 112 valence electrons. The van der Waals surface area contributed by atoms with Crippen molar-refractivity contribution in [3.63, 3.8) is 0 Å². The molecule has 0 amide bonds. The van der Waals surface area contributed by atoms with E-state index in [0.29, 0.717) is 17.9 Å². The summed E-state index contributed by atoms with van der Waals surface area (Å²) in [5, 5.41) is 18.7. The van der Waals surface area contributed by atoms with Gasteiger partial charge in [-0.05, 0) is 80.0 Å². The van der Waals surface area contributed by atoms with Crippen molar-refractivity contribution in [2.75, 3.05) is 6.61 Å². The highest BCUT2D eigenvalue weighted by atomic mass is 16.3. The van der Waals surface area contributed by atoms with Gasteiger partial charge >= 0.3 is 0 Å². The molecule has 0 saturated heterocycles. The molecule has 2 heteroatoms. The van der Waals surface area contributed by atoms with Crippen LogP contribution in [0.1, 0.15) is 58.8 Å². The largest absolute Gasteiger partial charge is 0.396 e. The van der Waals surface area contributed by atoms with E-state index < -0.39 is 0 Å². The molecule has 0 aromatic carbocycles. The smallest absolute Gasteiger partial charge is 0.0661 e. The third-order valence-corrected chi connectivity index (χ3v) is 7.44. The summed E-state index contributed by atoms with van der Waals surface area (Å²) < 4.78 is 0. The Morgan fingerprint density at radius 3 is 2.65 bits per heavy atom. The van der Waals surface area contributed by atoms with Crippen LogP contribution in [0.4, 0.5) is 0 Å². The summed E-state index contributed by atoms with van der Waals surface area (Å²) in [6.07, 6.45) is 8.63. The van der Waals surface area contributed by atoms with E-state index in [2.05, 4.69) is 19.9 Å². The van der Waals surface area contributed by atoms with Gasteiger partial charge in [-0.1, -0.05) is 13.8 Å². The molecule has 0 aliphatic heterocycles. The summed E-state index contributed by atoms with van der Waals surface area (Å²) in [6.45, 7) is 5.18. The van der Waals surface area contributed by atoms with Gasteiger partial charge in [0.05, 0.1) is 12.0 Å². The van der Waals surface area contributed by atoms with E-state index in [4.69, 9.17) is 0 Å². The average Bonchev–Trinajstić information content (AvgIpc) is 2.78. The van der Waals surface area contributed by atoms with Crippen LogP contribution in [-0.2, 0) is 0 Å². The molecule has 0 radical (unpaired) electrons. The van der Waals surface area contributed by atoms with E-state index in [1.807, 2.05) is 0 Å². The van der Waals surface area contributed by atoms with Gasteiger partial charge < -0.3 is 5.11 Å². The monoisotopic (exact) mass is 275 g/mol. The second-order valence-corrected chi connectivity index (χ2v) is 7.95. The van der Waals surface area contributed by atoms with E-state index in [0.717, 1.165) is 42.4 Å². The molecule has 3 unspecified atom stereocenters. The standard InChI is InChI=1S/C18H29NO/c1-12-13(8-10-20)3-5-16-15(12)7-9-18(2)14(11-19)4-6-17(16)18/h12-17,20H,3-10H2,1-2H3/t12-,13+,14-,15?,16?,17?,18-/m1/s1. The summed E-state index contributed by atoms with van der Waals surface area (Å²) in [4.78, 5) is 0. The molecule has 0 aromatic heterocycles. The van der Waals surface area contributed by atoms with Crippen molar-refractivity contribution in [1.29, 1.82) is 5.26 Å². The molecule has 1 N–H and O–H groups in total. The average molecular weight is 275 g/mol. The molecule has 3 saturated carbocycles. The molecule has 3 rings (SSSR count). The van der Waals surface area contributed by atoms with Crippen LogP contribution in [0.15, 0.2) is 0 Å². The van der Waals surface area contributed by atoms with Crippen LogP contribution in [0.3, 0.4) is 0 Å². The number of hydrogen-bond donors (Lipinski definition) is 1. The Balaban J connectivity index is 1.78. The van der Waals surface area contributed by atoms with Crippen molar-refractivity contribution in [2.24, 2.45) is 40.9 Å². The van der Waals surface area contributed by atoms with Crippen LogP contribution < -0.4 is 0 Å². The maximum atomic E-state index is 9.45. The molecule has 3 aliphatic carbocycles. The number of aliphatic hydroxyl groups is 1. The molecule has 2 nitrogen and oxygen atoms in total. The van der Waals surface area contributed by atoms with Gasteiger partial charge in [-0.25, -0.2) is 0 Å². The summed E-state index contributed by atoms with van der Waals surface area (Å²) in [7, 11) is 0. The third-order valence-electron chi connectivity index (χ3n) is 7.44. The lowest BCUT2D eigenvalue weighted by Crippen LogP contribution is -2.46. The van der Waals surface area contributed by atoms with Crippen molar-refractivity contribution >= 4 is 0 Å². The van der Waals surface area contributed by atoms with Crippen LogP contribution in [0.25, 0.3) is 0 Å². The molecule has 0 aromatic rings. The fourth-order valence-corrected chi connectivity index (χ4v) is 6.19. The maximum absolute atomic E-state index is 9.45. The number of nitrogens with zero attached hydrogens (tertiary/aromatic N) is 1. The van der Waals surface area contributed by atoms with Gasteiger partial charge in [0.15, 0.2) is 0 Å². The first kappa shape index (κ1) is 14.4. The number of aliphatic hydroxyl groups excluding tert-OH is 1. The molecule has 0 spiro atoms.